The van der Waals surface area contributed by atoms with Crippen LogP contribution in [0.2, 0.25) is 0 Å². The van der Waals surface area contributed by atoms with Gasteiger partial charge in [-0.2, -0.15) is 0 Å². The highest BCUT2D eigenvalue weighted by molar-refractivity contribution is 4.84. The number of rotatable bonds is 6. The summed E-state index contributed by atoms with van der Waals surface area (Å²) in [7, 11) is 2.14. The quantitative estimate of drug-likeness (QED) is 0.765. The van der Waals surface area contributed by atoms with Crippen LogP contribution in [0.1, 0.15) is 51.9 Å². The molecule has 0 aromatic heterocycles. The molecule has 1 aliphatic carbocycles. The highest BCUT2D eigenvalue weighted by atomic mass is 15.1. The lowest BCUT2D eigenvalue weighted by molar-refractivity contribution is 0.276. The first-order chi connectivity index (χ1) is 8.33. The van der Waals surface area contributed by atoms with Crippen LogP contribution in [-0.2, 0) is 0 Å². The first kappa shape index (κ1) is 13.4. The molecule has 0 bridgehead atoms. The molecule has 2 rings (SSSR count). The molecule has 17 heavy (non-hydrogen) atoms. The van der Waals surface area contributed by atoms with Gasteiger partial charge in [-0.3, -0.25) is 0 Å². The molecule has 1 aliphatic heterocycles. The zero-order chi connectivity index (χ0) is 12.1. The summed E-state index contributed by atoms with van der Waals surface area (Å²) >= 11 is 0. The zero-order valence-corrected chi connectivity index (χ0v) is 11.8. The molecule has 100 valence electrons. The minimum Gasteiger partial charge on any atom is -0.317 e. The first-order valence-corrected chi connectivity index (χ1v) is 7.73. The van der Waals surface area contributed by atoms with Crippen LogP contribution in [0.25, 0.3) is 0 Å². The molecular formula is C15H30N2. The summed E-state index contributed by atoms with van der Waals surface area (Å²) in [4.78, 5) is 2.71. The fourth-order valence-electron chi connectivity index (χ4n) is 3.87. The normalized spacial score (nSPS) is 34.6. The number of hydrogen-bond acceptors (Lipinski definition) is 2. The minimum absolute atomic E-state index is 0.809. The van der Waals surface area contributed by atoms with E-state index in [-0.39, 0.29) is 0 Å². The smallest absolute Gasteiger partial charge is 0.00928 e. The number of likely N-dealkylation sites (tertiary alicyclic amines) is 1. The Labute approximate surface area is 107 Å². The van der Waals surface area contributed by atoms with Gasteiger partial charge in [-0.15, -0.1) is 0 Å². The third-order valence-electron chi connectivity index (χ3n) is 4.91. The van der Waals surface area contributed by atoms with Crippen LogP contribution in [0, 0.1) is 11.8 Å². The molecule has 1 heterocycles. The van der Waals surface area contributed by atoms with Gasteiger partial charge < -0.3 is 10.2 Å². The van der Waals surface area contributed by atoms with Gasteiger partial charge in [0.15, 0.2) is 0 Å². The van der Waals surface area contributed by atoms with Gasteiger partial charge >= 0.3 is 0 Å². The molecule has 0 spiro atoms. The topological polar surface area (TPSA) is 15.3 Å². The molecule has 1 saturated heterocycles. The van der Waals surface area contributed by atoms with Crippen LogP contribution in [0.5, 0.6) is 0 Å². The lowest BCUT2D eigenvalue weighted by Gasteiger charge is -2.22. The van der Waals surface area contributed by atoms with E-state index in [0.29, 0.717) is 0 Å². The van der Waals surface area contributed by atoms with Gasteiger partial charge in [-0.25, -0.2) is 0 Å². The molecular weight excluding hydrogens is 208 g/mol. The van der Waals surface area contributed by atoms with E-state index < -0.39 is 0 Å². The van der Waals surface area contributed by atoms with E-state index in [2.05, 4.69) is 24.2 Å². The van der Waals surface area contributed by atoms with Crippen LogP contribution >= 0.6 is 0 Å². The summed E-state index contributed by atoms with van der Waals surface area (Å²) in [5.74, 6) is 1.95. The average Bonchev–Trinajstić information content (AvgIpc) is 2.95. The molecule has 1 saturated carbocycles. The Morgan fingerprint density at radius 3 is 2.82 bits per heavy atom. The van der Waals surface area contributed by atoms with Crippen LogP contribution in [0.4, 0.5) is 0 Å². The summed E-state index contributed by atoms with van der Waals surface area (Å²) in [5, 5.41) is 3.50. The van der Waals surface area contributed by atoms with Gasteiger partial charge in [-0.1, -0.05) is 19.8 Å². The highest BCUT2D eigenvalue weighted by Crippen LogP contribution is 2.29. The molecule has 0 amide bonds. The zero-order valence-electron chi connectivity index (χ0n) is 11.8. The van der Waals surface area contributed by atoms with Gasteiger partial charge in [0.05, 0.1) is 0 Å². The molecule has 3 unspecified atom stereocenters. The van der Waals surface area contributed by atoms with Gasteiger partial charge in [0, 0.05) is 12.6 Å². The Morgan fingerprint density at radius 1 is 1.18 bits per heavy atom. The second-order valence-electron chi connectivity index (χ2n) is 6.12. The molecule has 2 fully saturated rings. The predicted octanol–water partition coefficient (Wildman–Crippen LogP) is 2.89. The van der Waals surface area contributed by atoms with Gasteiger partial charge in [0.25, 0.3) is 0 Å². The van der Waals surface area contributed by atoms with Crippen LogP contribution in [0.3, 0.4) is 0 Å². The van der Waals surface area contributed by atoms with Gasteiger partial charge in [0.1, 0.15) is 0 Å². The summed E-state index contributed by atoms with van der Waals surface area (Å²) in [6.45, 7) is 6.41. The Bertz CT molecular complexity index is 217. The molecule has 1 N–H and O–H groups in total. The van der Waals surface area contributed by atoms with Crippen molar-refractivity contribution < 1.29 is 0 Å². The molecule has 0 aromatic rings. The van der Waals surface area contributed by atoms with E-state index in [9.17, 15) is 0 Å². The average molecular weight is 238 g/mol. The second kappa shape index (κ2) is 6.75. The van der Waals surface area contributed by atoms with Gasteiger partial charge in [-0.05, 0) is 64.1 Å². The van der Waals surface area contributed by atoms with E-state index in [1.165, 1.54) is 64.6 Å². The summed E-state index contributed by atoms with van der Waals surface area (Å²) in [6.07, 6.45) is 9.98. The SMILES string of the molecule is CCCC1CCN(CCC2CCCC2NC)C1. The van der Waals surface area contributed by atoms with Crippen molar-refractivity contribution in [3.63, 3.8) is 0 Å². The molecule has 0 radical (unpaired) electrons. The predicted molar refractivity (Wildman–Crippen MR) is 74.3 cm³/mol. The Kier molecular flexibility index (Phi) is 5.30. The second-order valence-corrected chi connectivity index (χ2v) is 6.12. The lowest BCUT2D eigenvalue weighted by Crippen LogP contribution is -2.32. The van der Waals surface area contributed by atoms with Gasteiger partial charge in [0.2, 0.25) is 0 Å². The fourth-order valence-corrected chi connectivity index (χ4v) is 3.87. The Hall–Kier alpha value is -0.0800. The maximum atomic E-state index is 3.50. The van der Waals surface area contributed by atoms with E-state index in [1.807, 2.05) is 0 Å². The van der Waals surface area contributed by atoms with Crippen molar-refractivity contribution in [2.24, 2.45) is 11.8 Å². The summed E-state index contributed by atoms with van der Waals surface area (Å²) in [6, 6.07) is 0.809. The highest BCUT2D eigenvalue weighted by Gasteiger charge is 2.27. The lowest BCUT2D eigenvalue weighted by atomic mass is 9.99. The van der Waals surface area contributed by atoms with Crippen molar-refractivity contribution in [1.82, 2.24) is 10.2 Å². The van der Waals surface area contributed by atoms with Crippen molar-refractivity contribution in [2.75, 3.05) is 26.7 Å². The molecule has 2 aliphatic rings. The number of nitrogens with one attached hydrogen (secondary N) is 1. The third kappa shape index (κ3) is 3.69. The van der Waals surface area contributed by atoms with Crippen molar-refractivity contribution in [2.45, 2.75) is 57.9 Å². The van der Waals surface area contributed by atoms with Crippen LogP contribution in [-0.4, -0.2) is 37.6 Å². The van der Waals surface area contributed by atoms with E-state index in [4.69, 9.17) is 0 Å². The monoisotopic (exact) mass is 238 g/mol. The minimum atomic E-state index is 0.809. The Balaban J connectivity index is 1.65. The van der Waals surface area contributed by atoms with Crippen LogP contribution < -0.4 is 5.32 Å². The summed E-state index contributed by atoms with van der Waals surface area (Å²) in [5.41, 5.74) is 0. The molecule has 3 atom stereocenters. The maximum absolute atomic E-state index is 3.50. The van der Waals surface area contributed by atoms with E-state index in [1.54, 1.807) is 0 Å². The number of hydrogen-bond donors (Lipinski definition) is 1. The molecule has 2 nitrogen and oxygen atoms in total. The van der Waals surface area contributed by atoms with Crippen molar-refractivity contribution >= 4 is 0 Å². The summed E-state index contributed by atoms with van der Waals surface area (Å²) < 4.78 is 0. The van der Waals surface area contributed by atoms with Crippen LogP contribution in [0.15, 0.2) is 0 Å². The van der Waals surface area contributed by atoms with Crippen molar-refractivity contribution in [3.05, 3.63) is 0 Å². The Morgan fingerprint density at radius 2 is 2.06 bits per heavy atom. The molecule has 2 heteroatoms. The molecule has 0 aromatic carbocycles. The largest absolute Gasteiger partial charge is 0.317 e. The maximum Gasteiger partial charge on any atom is 0.00928 e. The first-order valence-electron chi connectivity index (χ1n) is 7.73. The van der Waals surface area contributed by atoms with Crippen molar-refractivity contribution in [1.29, 1.82) is 0 Å². The third-order valence-corrected chi connectivity index (χ3v) is 4.91. The number of nitrogens with zero attached hydrogens (tertiary/aromatic N) is 1. The van der Waals surface area contributed by atoms with Crippen molar-refractivity contribution in [3.8, 4) is 0 Å². The fraction of sp³-hybridized carbons (Fsp3) is 1.00. The van der Waals surface area contributed by atoms with E-state index in [0.717, 1.165) is 17.9 Å². The van der Waals surface area contributed by atoms with E-state index >= 15 is 0 Å². The standard InChI is InChI=1S/C15H30N2/c1-3-5-13-8-10-17(12-13)11-9-14-6-4-7-15(14)16-2/h13-16H,3-12H2,1-2H3.